The van der Waals surface area contributed by atoms with Crippen LogP contribution >= 0.6 is 11.6 Å². The number of hydrogen-bond donors (Lipinski definition) is 5. The number of aromatic nitrogens is 6. The van der Waals surface area contributed by atoms with Crippen LogP contribution in [0.15, 0.2) is 90.1 Å². The monoisotopic (exact) mass is 912 g/mol. The molecule has 65 heavy (non-hydrogen) atoms. The SMILES string of the molecule is CC(=O)N(C)c1ccc(N)cc1.CC(=O)N(C)c1ccc(Nc2nc(NC3CC3)c3c(C#N)c[nH]c3n2)cc1.Cc1ccc(S(=O)(=O)n2cc(C#N)c3c(NC4CC4)nc(Cl)nc32)cc1. The predicted octanol–water partition coefficient (Wildman–Crippen LogP) is 7.46. The molecule has 0 radical (unpaired) electrons. The maximum Gasteiger partial charge on any atom is 0.269 e. The predicted molar refractivity (Wildman–Crippen MR) is 252 cm³/mol. The lowest BCUT2D eigenvalue weighted by atomic mass is 10.2. The molecule has 18 nitrogen and oxygen atoms in total. The summed E-state index contributed by atoms with van der Waals surface area (Å²) in [5, 5.41) is 29.6. The number of aryl methyl sites for hydroxylation is 1. The highest BCUT2D eigenvalue weighted by atomic mass is 35.5. The van der Waals surface area contributed by atoms with Gasteiger partial charge < -0.3 is 36.5 Å². The number of amides is 2. The molecule has 0 bridgehead atoms. The molecule has 2 amide bonds. The Morgan fingerprint density at radius 1 is 0.785 bits per heavy atom. The van der Waals surface area contributed by atoms with Crippen molar-refractivity contribution in [3.8, 4) is 12.1 Å². The van der Waals surface area contributed by atoms with Gasteiger partial charge in [-0.05, 0) is 105 Å². The number of benzene rings is 3. The standard InChI is InChI=1S/C19H19N7O.C17H14ClN5O2S.C9H12N2O/c1-11(27)26(2)15-7-5-14(6-8-15)23-19-24-17-16(12(9-20)10-21-17)18(25-19)22-13-3-4-13;1-10-2-6-13(7-3-10)26(24,25)23-9-11(8-19)14-15(20-12-4-5-12)21-17(18)22-16(14)23;1-7(12)11(2)9-5-3-8(10)4-6-9/h5-8,10,13H,3-4H2,1-2H3,(H3,21,22,23,24,25);2-3,6-7,9,12H,4-5H2,1H3,(H,20,21,22);3-6H,10H2,1-2H3. The summed E-state index contributed by atoms with van der Waals surface area (Å²) in [5.41, 5.74) is 11.0. The number of aromatic amines is 1. The first-order chi connectivity index (χ1) is 31.1. The van der Waals surface area contributed by atoms with E-state index in [4.69, 9.17) is 17.3 Å². The van der Waals surface area contributed by atoms with Crippen LogP contribution < -0.4 is 31.5 Å². The number of rotatable bonds is 10. The molecule has 0 unspecified atom stereocenters. The molecule has 0 spiro atoms. The van der Waals surface area contributed by atoms with Crippen LogP contribution in [0.3, 0.4) is 0 Å². The fourth-order valence-corrected chi connectivity index (χ4v) is 7.83. The lowest BCUT2D eigenvalue weighted by Gasteiger charge is -2.15. The molecular formula is C45H45ClN14O4S. The largest absolute Gasteiger partial charge is 0.399 e. The Balaban J connectivity index is 0.000000156. The van der Waals surface area contributed by atoms with Gasteiger partial charge in [-0.15, -0.1) is 0 Å². The van der Waals surface area contributed by atoms with Gasteiger partial charge in [0.1, 0.15) is 29.4 Å². The van der Waals surface area contributed by atoms with E-state index < -0.39 is 10.0 Å². The van der Waals surface area contributed by atoms with Gasteiger partial charge in [0.25, 0.3) is 10.0 Å². The number of nitrogens with two attached hydrogens (primary N) is 1. The van der Waals surface area contributed by atoms with Crippen LogP contribution in [0.4, 0.5) is 40.3 Å². The lowest BCUT2D eigenvalue weighted by Crippen LogP contribution is -2.22. The van der Waals surface area contributed by atoms with Crippen LogP contribution in [-0.2, 0) is 19.6 Å². The second kappa shape index (κ2) is 18.9. The summed E-state index contributed by atoms with van der Waals surface area (Å²) in [6.07, 6.45) is 7.11. The van der Waals surface area contributed by atoms with Crippen molar-refractivity contribution in [2.24, 2.45) is 0 Å². The number of halogens is 1. The summed E-state index contributed by atoms with van der Waals surface area (Å²) < 4.78 is 27.1. The molecule has 2 aliphatic carbocycles. The van der Waals surface area contributed by atoms with Gasteiger partial charge in [-0.2, -0.15) is 30.5 Å². The van der Waals surface area contributed by atoms with Gasteiger partial charge in [-0.25, -0.2) is 12.4 Å². The van der Waals surface area contributed by atoms with Crippen LogP contribution in [0.2, 0.25) is 5.28 Å². The number of nitrogens with one attached hydrogen (secondary N) is 4. The molecule has 3 aromatic carbocycles. The summed E-state index contributed by atoms with van der Waals surface area (Å²) in [6, 6.07) is 26.0. The Hall–Kier alpha value is -7.74. The zero-order valence-electron chi connectivity index (χ0n) is 36.1. The number of nitrogen functional groups attached to an aromatic ring is 1. The van der Waals surface area contributed by atoms with Gasteiger partial charge in [0, 0.05) is 75.2 Å². The van der Waals surface area contributed by atoms with Gasteiger partial charge in [-0.1, -0.05) is 17.7 Å². The van der Waals surface area contributed by atoms with Crippen molar-refractivity contribution < 1.29 is 18.0 Å². The van der Waals surface area contributed by atoms with E-state index in [0.717, 1.165) is 52.3 Å². The Morgan fingerprint density at radius 2 is 1.32 bits per heavy atom. The molecule has 2 aliphatic rings. The fourth-order valence-electron chi connectivity index (χ4n) is 6.35. The summed E-state index contributed by atoms with van der Waals surface area (Å²) in [7, 11) is -0.467. The minimum atomic E-state index is -3.93. The van der Waals surface area contributed by atoms with Gasteiger partial charge >= 0.3 is 0 Å². The van der Waals surface area contributed by atoms with Crippen molar-refractivity contribution in [2.45, 2.75) is 63.4 Å². The topological polar surface area (TPSA) is 257 Å². The third-order valence-electron chi connectivity index (χ3n) is 10.5. The molecule has 2 saturated carbocycles. The van der Waals surface area contributed by atoms with Crippen molar-refractivity contribution >= 4 is 95.8 Å². The molecule has 9 rings (SSSR count). The Kier molecular flexibility index (Phi) is 13.2. The van der Waals surface area contributed by atoms with Crippen molar-refractivity contribution in [3.05, 3.63) is 107 Å². The molecule has 2 fully saturated rings. The third-order valence-corrected chi connectivity index (χ3v) is 12.3. The summed E-state index contributed by atoms with van der Waals surface area (Å²) in [4.78, 5) is 46.0. The van der Waals surface area contributed by atoms with Gasteiger partial charge in [0.05, 0.1) is 26.8 Å². The Labute approximate surface area is 380 Å². The zero-order chi connectivity index (χ0) is 46.6. The van der Waals surface area contributed by atoms with Crippen LogP contribution in [0, 0.1) is 29.6 Å². The minimum Gasteiger partial charge on any atom is -0.399 e. The molecule has 4 aromatic heterocycles. The van der Waals surface area contributed by atoms with E-state index in [0.29, 0.717) is 51.3 Å². The second-order valence-electron chi connectivity index (χ2n) is 15.5. The van der Waals surface area contributed by atoms with E-state index in [1.54, 1.807) is 54.4 Å². The summed E-state index contributed by atoms with van der Waals surface area (Å²) in [5.74, 6) is 1.47. The molecular weight excluding hydrogens is 868 g/mol. The molecule has 4 heterocycles. The smallest absolute Gasteiger partial charge is 0.269 e. The maximum atomic E-state index is 13.1. The van der Waals surface area contributed by atoms with Crippen LogP contribution in [0.25, 0.3) is 22.1 Å². The maximum absolute atomic E-state index is 13.1. The molecule has 0 aliphatic heterocycles. The van der Waals surface area contributed by atoms with E-state index in [-0.39, 0.29) is 39.2 Å². The molecule has 6 N–H and O–H groups in total. The number of carbonyl (C=O) groups is 2. The highest BCUT2D eigenvalue weighted by Gasteiger charge is 2.29. The zero-order valence-corrected chi connectivity index (χ0v) is 37.7. The number of nitriles is 2. The number of fused-ring (bicyclic) bond motifs is 2. The van der Waals surface area contributed by atoms with E-state index in [2.05, 4.69) is 46.9 Å². The van der Waals surface area contributed by atoms with Crippen molar-refractivity contribution in [2.75, 3.05) is 45.6 Å². The van der Waals surface area contributed by atoms with Gasteiger partial charge in [-0.3, -0.25) is 9.59 Å². The van der Waals surface area contributed by atoms with Crippen molar-refractivity contribution in [3.63, 3.8) is 0 Å². The van der Waals surface area contributed by atoms with E-state index >= 15 is 0 Å². The Bertz CT molecular complexity index is 3100. The van der Waals surface area contributed by atoms with Crippen molar-refractivity contribution in [1.29, 1.82) is 10.5 Å². The number of carbonyl (C=O) groups excluding carboxylic acids is 2. The van der Waals surface area contributed by atoms with Crippen molar-refractivity contribution in [1.82, 2.24) is 28.9 Å². The van der Waals surface area contributed by atoms with E-state index in [1.165, 1.54) is 32.2 Å². The minimum absolute atomic E-state index is 0.0137. The molecule has 20 heteroatoms. The summed E-state index contributed by atoms with van der Waals surface area (Å²) >= 11 is 6.02. The first-order valence-electron chi connectivity index (χ1n) is 20.4. The van der Waals surface area contributed by atoms with Crippen LogP contribution in [-0.4, -0.2) is 75.3 Å². The highest BCUT2D eigenvalue weighted by molar-refractivity contribution is 7.90. The number of nitrogens with zero attached hydrogens (tertiary/aromatic N) is 9. The van der Waals surface area contributed by atoms with Gasteiger partial charge in [0.2, 0.25) is 23.0 Å². The average molecular weight is 913 g/mol. The highest BCUT2D eigenvalue weighted by Crippen LogP contribution is 2.34. The number of hydrogen-bond acceptors (Lipinski definition) is 14. The molecule has 0 saturated heterocycles. The Morgan fingerprint density at radius 3 is 1.85 bits per heavy atom. The number of H-pyrrole nitrogens is 1. The van der Waals surface area contributed by atoms with Gasteiger partial charge in [0.15, 0.2) is 5.65 Å². The average Bonchev–Trinajstić information content (AvgIpc) is 4.21. The first-order valence-corrected chi connectivity index (χ1v) is 22.2. The second-order valence-corrected chi connectivity index (χ2v) is 17.7. The fraction of sp³-hybridized carbons (Fsp3) is 0.244. The molecule has 0 atom stereocenters. The lowest BCUT2D eigenvalue weighted by molar-refractivity contribution is -0.117. The number of anilines is 7. The van der Waals surface area contributed by atoms with E-state index in [1.807, 2.05) is 49.4 Å². The summed E-state index contributed by atoms with van der Waals surface area (Å²) in [6.45, 7) is 4.92. The van der Waals surface area contributed by atoms with Crippen LogP contribution in [0.5, 0.6) is 0 Å². The van der Waals surface area contributed by atoms with Crippen LogP contribution in [0.1, 0.15) is 56.2 Å². The molecule has 7 aromatic rings. The third kappa shape index (κ3) is 10.6. The molecule has 332 valence electrons. The van der Waals surface area contributed by atoms with E-state index in [9.17, 15) is 28.5 Å². The quantitative estimate of drug-likeness (QED) is 0.0660. The normalized spacial score (nSPS) is 13.0. The first kappa shape index (κ1) is 45.3.